The van der Waals surface area contributed by atoms with Crippen molar-refractivity contribution >= 4 is 5.91 Å². The topological polar surface area (TPSA) is 228 Å². The summed E-state index contributed by atoms with van der Waals surface area (Å²) in [5, 5.41) is 87.9. The van der Waals surface area contributed by atoms with Gasteiger partial charge in [-0.15, -0.1) is 0 Å². The molecular formula is C89H169NO13. The molecular weight excluding hydrogens is 1290 g/mol. The molecule has 0 bridgehead atoms. The lowest BCUT2D eigenvalue weighted by molar-refractivity contribution is -0.359. The van der Waals surface area contributed by atoms with Crippen LogP contribution in [-0.4, -0.2) is 140 Å². The van der Waals surface area contributed by atoms with Crippen LogP contribution in [0.5, 0.6) is 0 Å². The molecule has 0 aromatic heterocycles. The zero-order chi connectivity index (χ0) is 74.4. The Bertz CT molecular complexity index is 1870. The van der Waals surface area contributed by atoms with Crippen LogP contribution in [0.25, 0.3) is 0 Å². The first-order valence-corrected chi connectivity index (χ1v) is 44.7. The maximum atomic E-state index is 13.4. The largest absolute Gasteiger partial charge is 0.394 e. The van der Waals surface area contributed by atoms with Crippen molar-refractivity contribution in [1.29, 1.82) is 0 Å². The lowest BCUT2D eigenvalue weighted by Crippen LogP contribution is -2.65. The molecule has 9 N–H and O–H groups in total. The number of nitrogens with one attached hydrogen (secondary N) is 1. The van der Waals surface area contributed by atoms with Gasteiger partial charge < -0.3 is 65.1 Å². The van der Waals surface area contributed by atoms with Crippen molar-refractivity contribution in [3.05, 3.63) is 36.5 Å². The number of carbonyl (C=O) groups is 1. The van der Waals surface area contributed by atoms with Gasteiger partial charge in [0.05, 0.1) is 32.0 Å². The van der Waals surface area contributed by atoms with Gasteiger partial charge in [-0.25, -0.2) is 0 Å². The van der Waals surface area contributed by atoms with E-state index < -0.39 is 86.8 Å². The highest BCUT2D eigenvalue weighted by atomic mass is 16.7. The molecule has 2 heterocycles. The first kappa shape index (κ1) is 97.3. The van der Waals surface area contributed by atoms with Crippen molar-refractivity contribution in [2.45, 2.75) is 505 Å². The van der Waals surface area contributed by atoms with Crippen molar-refractivity contribution in [1.82, 2.24) is 5.32 Å². The van der Waals surface area contributed by atoms with Crippen LogP contribution in [0.1, 0.15) is 431 Å². The number of hydrogen-bond donors (Lipinski definition) is 9. The van der Waals surface area contributed by atoms with Crippen LogP contribution < -0.4 is 5.32 Å². The zero-order valence-electron chi connectivity index (χ0n) is 67.1. The highest BCUT2D eigenvalue weighted by Gasteiger charge is 2.51. The molecule has 0 saturated carbocycles. The SMILES string of the molecule is CCCCCCC/C=C\C/C=C\CCCCCCCCCCCCCCCCCCCCCCCCCCCC(=O)NC(COC1OC(CO)C(OC2OC(CO)C(O)C(O)C2O)C(O)C1O)C(O)/C=C/CCCCCCCCCCCCCCCCCCCCCCCCCCCCCCCC. The maximum absolute atomic E-state index is 13.4. The predicted molar refractivity (Wildman–Crippen MR) is 429 cm³/mol. The standard InChI is InChI=1S/C89H169NO13/c1-3-5-7-9-11-13-15-17-19-21-23-25-27-29-31-33-35-37-38-39-40-41-43-45-47-49-51-53-55-57-59-61-63-65-67-69-71-73-81(94)90-77(76-100-88-86(99)84(97)87(80(75-92)102-88)103-89-85(98)83(96)82(95)79(74-91)101-89)78(93)72-70-68-66-64-62-60-58-56-54-52-50-48-46-44-42-36-34-32-30-28-26-24-22-20-18-16-14-12-10-8-6-4-2/h15,17,21,23,70,72,77-80,82-89,91-93,95-99H,3-14,16,18-20,22,24-69,71,73-76H2,1-2H3,(H,90,94)/b17-15-,23-21-,72-70+. The second-order valence-electron chi connectivity index (χ2n) is 31.7. The summed E-state index contributed by atoms with van der Waals surface area (Å²) in [5.74, 6) is -0.229. The Morgan fingerprint density at radius 1 is 0.350 bits per heavy atom. The quantitative estimate of drug-likeness (QED) is 0.0204. The van der Waals surface area contributed by atoms with Crippen molar-refractivity contribution in [2.24, 2.45) is 0 Å². The molecule has 2 saturated heterocycles. The Balaban J connectivity index is 1.56. The van der Waals surface area contributed by atoms with Crippen LogP contribution in [0.3, 0.4) is 0 Å². The smallest absolute Gasteiger partial charge is 0.220 e. The number of allylic oxidation sites excluding steroid dienone is 5. The van der Waals surface area contributed by atoms with Crippen LogP contribution in [-0.2, 0) is 23.7 Å². The second-order valence-corrected chi connectivity index (χ2v) is 31.7. The average Bonchev–Trinajstić information content (AvgIpc) is 0.791. The molecule has 0 radical (unpaired) electrons. The number of hydrogen-bond acceptors (Lipinski definition) is 13. The third-order valence-corrected chi connectivity index (χ3v) is 22.1. The van der Waals surface area contributed by atoms with Crippen molar-refractivity contribution in [2.75, 3.05) is 19.8 Å². The second kappa shape index (κ2) is 73.0. The van der Waals surface area contributed by atoms with Crippen LogP contribution in [0.15, 0.2) is 36.5 Å². The fourth-order valence-corrected chi connectivity index (χ4v) is 15.0. The third kappa shape index (κ3) is 55.3. The lowest BCUT2D eigenvalue weighted by Gasteiger charge is -2.46. The number of aliphatic hydroxyl groups is 8. The molecule has 2 aliphatic rings. The predicted octanol–water partition coefficient (Wildman–Crippen LogP) is 21.5. The minimum atomic E-state index is -1.79. The van der Waals surface area contributed by atoms with E-state index in [1.54, 1.807) is 6.08 Å². The fourth-order valence-electron chi connectivity index (χ4n) is 15.0. The molecule has 1 amide bonds. The third-order valence-electron chi connectivity index (χ3n) is 22.1. The molecule has 608 valence electrons. The van der Waals surface area contributed by atoms with Gasteiger partial charge >= 0.3 is 0 Å². The fraction of sp³-hybridized carbons (Fsp3) is 0.921. The van der Waals surface area contributed by atoms with Crippen LogP contribution in [0.2, 0.25) is 0 Å². The number of rotatable bonds is 77. The Kier molecular flexibility index (Phi) is 69.0. The summed E-state index contributed by atoms with van der Waals surface area (Å²) >= 11 is 0. The minimum Gasteiger partial charge on any atom is -0.394 e. The molecule has 14 heteroatoms. The van der Waals surface area contributed by atoms with Crippen molar-refractivity contribution in [3.63, 3.8) is 0 Å². The summed E-state index contributed by atoms with van der Waals surface area (Å²) in [5.41, 5.74) is 0. The van der Waals surface area contributed by atoms with Crippen LogP contribution in [0.4, 0.5) is 0 Å². The molecule has 0 aliphatic carbocycles. The van der Waals surface area contributed by atoms with E-state index in [1.807, 2.05) is 6.08 Å². The van der Waals surface area contributed by atoms with E-state index in [0.717, 1.165) is 44.9 Å². The van der Waals surface area contributed by atoms with E-state index in [-0.39, 0.29) is 18.9 Å². The van der Waals surface area contributed by atoms with Gasteiger partial charge in [0.25, 0.3) is 0 Å². The Morgan fingerprint density at radius 2 is 0.641 bits per heavy atom. The van der Waals surface area contributed by atoms with Crippen LogP contribution in [0, 0.1) is 0 Å². The summed E-state index contributed by atoms with van der Waals surface area (Å²) in [4.78, 5) is 13.4. The van der Waals surface area contributed by atoms with E-state index in [4.69, 9.17) is 18.9 Å². The zero-order valence-corrected chi connectivity index (χ0v) is 67.1. The monoisotopic (exact) mass is 1460 g/mol. The van der Waals surface area contributed by atoms with Gasteiger partial charge in [0, 0.05) is 6.42 Å². The molecule has 2 aliphatic heterocycles. The molecule has 0 spiro atoms. The highest BCUT2D eigenvalue weighted by molar-refractivity contribution is 5.76. The molecule has 2 rings (SSSR count). The van der Waals surface area contributed by atoms with Gasteiger partial charge in [0.2, 0.25) is 5.91 Å². The summed E-state index contributed by atoms with van der Waals surface area (Å²) in [6.07, 6.45) is 81.2. The normalized spacial score (nSPS) is 21.7. The Hall–Kier alpha value is -1.79. The van der Waals surface area contributed by atoms with Gasteiger partial charge in [-0.05, 0) is 51.4 Å². The van der Waals surface area contributed by atoms with E-state index in [2.05, 4.69) is 43.5 Å². The van der Waals surface area contributed by atoms with Crippen molar-refractivity contribution in [3.8, 4) is 0 Å². The molecule has 12 unspecified atom stereocenters. The van der Waals surface area contributed by atoms with Crippen molar-refractivity contribution < 1.29 is 64.6 Å². The number of amides is 1. The summed E-state index contributed by atoms with van der Waals surface area (Å²) in [6.45, 7) is 2.87. The molecule has 0 aromatic rings. The summed E-state index contributed by atoms with van der Waals surface area (Å²) in [7, 11) is 0. The van der Waals surface area contributed by atoms with E-state index >= 15 is 0 Å². The summed E-state index contributed by atoms with van der Waals surface area (Å²) in [6, 6.07) is -0.915. The first-order chi connectivity index (χ1) is 50.6. The number of unbranched alkanes of at least 4 members (excludes halogenated alkanes) is 60. The van der Waals surface area contributed by atoms with Gasteiger partial charge in [-0.3, -0.25) is 4.79 Å². The first-order valence-electron chi connectivity index (χ1n) is 44.7. The maximum Gasteiger partial charge on any atom is 0.220 e. The van der Waals surface area contributed by atoms with Gasteiger partial charge in [0.1, 0.15) is 48.8 Å². The Labute approximate surface area is 633 Å². The highest BCUT2D eigenvalue weighted by Crippen LogP contribution is 2.31. The van der Waals surface area contributed by atoms with Crippen LogP contribution >= 0.6 is 0 Å². The number of carbonyl (C=O) groups excluding carboxylic acids is 1. The lowest BCUT2D eigenvalue weighted by atomic mass is 9.97. The molecule has 14 nitrogen and oxygen atoms in total. The van der Waals surface area contributed by atoms with E-state index in [9.17, 15) is 45.6 Å². The van der Waals surface area contributed by atoms with E-state index in [0.29, 0.717) is 6.42 Å². The Morgan fingerprint density at radius 3 is 0.971 bits per heavy atom. The number of ether oxygens (including phenoxy) is 4. The number of aliphatic hydroxyl groups excluding tert-OH is 8. The molecule has 0 aromatic carbocycles. The minimum absolute atomic E-state index is 0.229. The van der Waals surface area contributed by atoms with Gasteiger partial charge in [0.15, 0.2) is 12.6 Å². The molecule has 12 atom stereocenters. The molecule has 103 heavy (non-hydrogen) atoms. The van der Waals surface area contributed by atoms with Gasteiger partial charge in [-0.2, -0.15) is 0 Å². The summed E-state index contributed by atoms with van der Waals surface area (Å²) < 4.78 is 23.0. The average molecular weight is 1460 g/mol. The molecule has 2 fully saturated rings. The van der Waals surface area contributed by atoms with Gasteiger partial charge in [-0.1, -0.05) is 410 Å². The van der Waals surface area contributed by atoms with E-state index in [1.165, 1.54) is 360 Å².